The molecular formula is C11H13N3O. The molecule has 0 bridgehead atoms. The lowest BCUT2D eigenvalue weighted by Crippen LogP contribution is -1.97. The topological polar surface area (TPSA) is 63.9 Å². The van der Waals surface area contributed by atoms with E-state index in [4.69, 9.17) is 10.5 Å². The number of rotatable bonds is 3. The quantitative estimate of drug-likeness (QED) is 0.800. The van der Waals surface area contributed by atoms with Gasteiger partial charge in [0.1, 0.15) is 24.0 Å². The van der Waals surface area contributed by atoms with Crippen LogP contribution in [0.5, 0.6) is 5.75 Å². The lowest BCUT2D eigenvalue weighted by molar-refractivity contribution is 0.297. The smallest absolute Gasteiger partial charge is 0.146 e. The number of aromatic nitrogens is 2. The van der Waals surface area contributed by atoms with E-state index in [0.717, 1.165) is 11.6 Å². The summed E-state index contributed by atoms with van der Waals surface area (Å²) < 4.78 is 5.51. The molecule has 3 N–H and O–H groups in total. The first kappa shape index (κ1) is 9.58. The summed E-state index contributed by atoms with van der Waals surface area (Å²) in [6, 6.07) is 7.88. The molecule has 15 heavy (non-hydrogen) atoms. The molecule has 0 aliphatic rings. The molecule has 1 aromatic carbocycles. The third-order valence-corrected chi connectivity index (χ3v) is 2.04. The highest BCUT2D eigenvalue weighted by atomic mass is 16.5. The monoisotopic (exact) mass is 203 g/mol. The van der Waals surface area contributed by atoms with E-state index in [1.165, 1.54) is 5.56 Å². The summed E-state index contributed by atoms with van der Waals surface area (Å²) in [6.07, 6.45) is 1.58. The number of H-pyrrole nitrogens is 1. The maximum absolute atomic E-state index is 5.51. The van der Waals surface area contributed by atoms with Gasteiger partial charge in [-0.15, -0.1) is 0 Å². The fourth-order valence-corrected chi connectivity index (χ4v) is 1.24. The number of nitrogens with two attached hydrogens (primary N) is 1. The Bertz CT molecular complexity index is 433. The van der Waals surface area contributed by atoms with Crippen molar-refractivity contribution in [1.29, 1.82) is 0 Å². The molecule has 0 aliphatic heterocycles. The zero-order valence-electron chi connectivity index (χ0n) is 8.53. The maximum atomic E-state index is 5.51. The van der Waals surface area contributed by atoms with E-state index in [0.29, 0.717) is 12.4 Å². The average Bonchev–Trinajstić information content (AvgIpc) is 2.64. The van der Waals surface area contributed by atoms with Crippen molar-refractivity contribution in [1.82, 2.24) is 9.97 Å². The normalized spacial score (nSPS) is 10.2. The van der Waals surface area contributed by atoms with E-state index in [1.807, 2.05) is 31.2 Å². The second-order valence-electron chi connectivity index (χ2n) is 3.39. The lowest BCUT2D eigenvalue weighted by Gasteiger charge is -2.03. The van der Waals surface area contributed by atoms with Gasteiger partial charge < -0.3 is 15.5 Å². The van der Waals surface area contributed by atoms with Crippen LogP contribution >= 0.6 is 0 Å². The van der Waals surface area contributed by atoms with Crippen LogP contribution < -0.4 is 10.5 Å². The molecule has 78 valence electrons. The van der Waals surface area contributed by atoms with Crippen molar-refractivity contribution in [2.24, 2.45) is 0 Å². The van der Waals surface area contributed by atoms with Crippen molar-refractivity contribution >= 4 is 5.82 Å². The molecule has 0 atom stereocenters. The number of nitrogens with zero attached hydrogens (tertiary/aromatic N) is 1. The van der Waals surface area contributed by atoms with E-state index in [2.05, 4.69) is 9.97 Å². The van der Waals surface area contributed by atoms with E-state index in [9.17, 15) is 0 Å². The van der Waals surface area contributed by atoms with Gasteiger partial charge in [-0.25, -0.2) is 4.98 Å². The van der Waals surface area contributed by atoms with Crippen LogP contribution in [0.4, 0.5) is 5.82 Å². The number of anilines is 1. The molecule has 0 unspecified atom stereocenters. The van der Waals surface area contributed by atoms with Gasteiger partial charge in [-0.05, 0) is 19.1 Å². The Balaban J connectivity index is 1.96. The van der Waals surface area contributed by atoms with Gasteiger partial charge in [0, 0.05) is 0 Å². The number of hydrogen-bond acceptors (Lipinski definition) is 3. The van der Waals surface area contributed by atoms with Crippen LogP contribution in [0.1, 0.15) is 11.4 Å². The Hall–Kier alpha value is -1.97. The number of hydrogen-bond donors (Lipinski definition) is 2. The second kappa shape index (κ2) is 4.04. The van der Waals surface area contributed by atoms with Crippen LogP contribution in [-0.4, -0.2) is 9.97 Å². The summed E-state index contributed by atoms with van der Waals surface area (Å²) in [5.41, 5.74) is 6.71. The molecule has 0 aliphatic carbocycles. The van der Waals surface area contributed by atoms with E-state index >= 15 is 0 Å². The number of aryl methyl sites for hydroxylation is 1. The lowest BCUT2D eigenvalue weighted by atomic mass is 10.2. The minimum Gasteiger partial charge on any atom is -0.486 e. The first-order valence-corrected chi connectivity index (χ1v) is 4.73. The largest absolute Gasteiger partial charge is 0.486 e. The highest BCUT2D eigenvalue weighted by molar-refractivity contribution is 5.27. The van der Waals surface area contributed by atoms with Gasteiger partial charge in [0.15, 0.2) is 0 Å². The Morgan fingerprint density at radius 2 is 2.07 bits per heavy atom. The SMILES string of the molecule is Cc1ccc(OCc2ncc(N)[nH]2)cc1. The molecule has 2 aromatic rings. The third kappa shape index (κ3) is 2.49. The molecule has 0 saturated heterocycles. The summed E-state index contributed by atoms with van der Waals surface area (Å²) in [7, 11) is 0. The van der Waals surface area contributed by atoms with Crippen molar-refractivity contribution in [2.45, 2.75) is 13.5 Å². The fraction of sp³-hybridized carbons (Fsp3) is 0.182. The minimum atomic E-state index is 0.403. The predicted octanol–water partition coefficient (Wildman–Crippen LogP) is 1.88. The van der Waals surface area contributed by atoms with E-state index in [1.54, 1.807) is 6.20 Å². The summed E-state index contributed by atoms with van der Waals surface area (Å²) in [6.45, 7) is 2.44. The minimum absolute atomic E-state index is 0.403. The number of nitrogen functional groups attached to an aromatic ring is 1. The molecule has 4 heteroatoms. The van der Waals surface area contributed by atoms with Crippen LogP contribution in [-0.2, 0) is 6.61 Å². The zero-order valence-corrected chi connectivity index (χ0v) is 8.53. The van der Waals surface area contributed by atoms with Crippen molar-refractivity contribution in [3.05, 3.63) is 41.9 Å². The standard InChI is InChI=1S/C11H13N3O/c1-8-2-4-9(5-3-8)15-7-11-13-6-10(12)14-11/h2-6H,7,12H2,1H3,(H,13,14). The van der Waals surface area contributed by atoms with Gasteiger partial charge in [0.25, 0.3) is 0 Å². The molecule has 1 aromatic heterocycles. The Morgan fingerprint density at radius 3 is 2.67 bits per heavy atom. The molecule has 2 rings (SSSR count). The number of nitrogens with one attached hydrogen (secondary N) is 1. The molecule has 0 fully saturated rings. The number of ether oxygens (including phenoxy) is 1. The zero-order chi connectivity index (χ0) is 10.7. The van der Waals surface area contributed by atoms with Crippen LogP contribution in [0.2, 0.25) is 0 Å². The van der Waals surface area contributed by atoms with Crippen molar-refractivity contribution in [2.75, 3.05) is 5.73 Å². The molecule has 1 heterocycles. The van der Waals surface area contributed by atoms with E-state index < -0.39 is 0 Å². The molecular weight excluding hydrogens is 190 g/mol. The van der Waals surface area contributed by atoms with E-state index in [-0.39, 0.29) is 0 Å². The van der Waals surface area contributed by atoms with Crippen LogP contribution in [0.25, 0.3) is 0 Å². The number of aromatic amines is 1. The molecule has 0 radical (unpaired) electrons. The van der Waals surface area contributed by atoms with Gasteiger partial charge in [0.2, 0.25) is 0 Å². The van der Waals surface area contributed by atoms with Crippen LogP contribution in [0.15, 0.2) is 30.5 Å². The molecule has 0 amide bonds. The molecule has 4 nitrogen and oxygen atoms in total. The van der Waals surface area contributed by atoms with Gasteiger partial charge in [-0.3, -0.25) is 0 Å². The molecule has 0 saturated carbocycles. The molecule has 0 spiro atoms. The van der Waals surface area contributed by atoms with Gasteiger partial charge in [-0.2, -0.15) is 0 Å². The van der Waals surface area contributed by atoms with Gasteiger partial charge >= 0.3 is 0 Å². The number of benzene rings is 1. The summed E-state index contributed by atoms with van der Waals surface area (Å²) >= 11 is 0. The average molecular weight is 203 g/mol. The second-order valence-corrected chi connectivity index (χ2v) is 3.39. The number of imidazole rings is 1. The highest BCUT2D eigenvalue weighted by Gasteiger charge is 1.98. The first-order chi connectivity index (χ1) is 7.24. The first-order valence-electron chi connectivity index (χ1n) is 4.73. The summed E-state index contributed by atoms with van der Waals surface area (Å²) in [4.78, 5) is 6.94. The van der Waals surface area contributed by atoms with Crippen molar-refractivity contribution in [3.63, 3.8) is 0 Å². The third-order valence-electron chi connectivity index (χ3n) is 2.04. The Morgan fingerprint density at radius 1 is 1.33 bits per heavy atom. The summed E-state index contributed by atoms with van der Waals surface area (Å²) in [5, 5.41) is 0. The van der Waals surface area contributed by atoms with Crippen molar-refractivity contribution in [3.8, 4) is 5.75 Å². The van der Waals surface area contributed by atoms with Gasteiger partial charge in [0.05, 0.1) is 6.20 Å². The van der Waals surface area contributed by atoms with Gasteiger partial charge in [-0.1, -0.05) is 17.7 Å². The summed E-state index contributed by atoms with van der Waals surface area (Å²) in [5.74, 6) is 2.11. The van der Waals surface area contributed by atoms with Crippen LogP contribution in [0, 0.1) is 6.92 Å². The maximum Gasteiger partial charge on any atom is 0.146 e. The van der Waals surface area contributed by atoms with Crippen LogP contribution in [0.3, 0.4) is 0 Å². The van der Waals surface area contributed by atoms with Crippen molar-refractivity contribution < 1.29 is 4.74 Å². The Kier molecular flexibility index (Phi) is 2.58. The fourth-order valence-electron chi connectivity index (χ4n) is 1.24. The predicted molar refractivity (Wildman–Crippen MR) is 58.5 cm³/mol. The Labute approximate surface area is 88.1 Å². The highest BCUT2D eigenvalue weighted by Crippen LogP contribution is 2.12.